The highest BCUT2D eigenvalue weighted by Gasteiger charge is 2.15. The van der Waals surface area contributed by atoms with Crippen molar-refractivity contribution in [2.75, 3.05) is 6.54 Å². The molecule has 0 saturated carbocycles. The summed E-state index contributed by atoms with van der Waals surface area (Å²) in [6.45, 7) is 2.19. The number of aliphatic hydroxyl groups excluding tert-OH is 1. The molecule has 0 aliphatic carbocycles. The number of aromatic nitrogens is 1. The molecule has 19 heavy (non-hydrogen) atoms. The molecular formula is C14H16F2N2O. The number of aliphatic hydroxyl groups is 1. The van der Waals surface area contributed by atoms with Crippen LogP contribution in [0.1, 0.15) is 11.3 Å². The van der Waals surface area contributed by atoms with Crippen molar-refractivity contribution in [2.24, 2.45) is 0 Å². The summed E-state index contributed by atoms with van der Waals surface area (Å²) < 4.78 is 24.3. The summed E-state index contributed by atoms with van der Waals surface area (Å²) in [7, 11) is 0. The Kier molecular flexibility index (Phi) is 4.39. The van der Waals surface area contributed by atoms with Crippen LogP contribution in [0.15, 0.2) is 30.3 Å². The van der Waals surface area contributed by atoms with Crippen molar-refractivity contribution in [3.05, 3.63) is 41.6 Å². The lowest BCUT2D eigenvalue weighted by atomic mass is 10.1. The van der Waals surface area contributed by atoms with Crippen molar-refractivity contribution < 1.29 is 13.9 Å². The van der Waals surface area contributed by atoms with E-state index in [4.69, 9.17) is 5.11 Å². The summed E-state index contributed by atoms with van der Waals surface area (Å²) in [4.78, 5) is 4.41. The van der Waals surface area contributed by atoms with Gasteiger partial charge in [-0.15, -0.1) is 0 Å². The summed E-state index contributed by atoms with van der Waals surface area (Å²) in [6.07, 6.45) is -4.35. The number of benzene rings is 1. The Morgan fingerprint density at radius 3 is 2.79 bits per heavy atom. The quantitative estimate of drug-likeness (QED) is 0.872. The van der Waals surface area contributed by atoms with Crippen LogP contribution in [0, 0.1) is 6.92 Å². The van der Waals surface area contributed by atoms with Crippen molar-refractivity contribution in [1.29, 1.82) is 0 Å². The minimum absolute atomic E-state index is 0.132. The first kappa shape index (κ1) is 13.8. The molecule has 1 atom stereocenters. The summed E-state index contributed by atoms with van der Waals surface area (Å²) >= 11 is 0. The molecule has 1 unspecified atom stereocenters. The van der Waals surface area contributed by atoms with Crippen LogP contribution >= 0.6 is 0 Å². The van der Waals surface area contributed by atoms with Crippen LogP contribution in [0.5, 0.6) is 0 Å². The lowest BCUT2D eigenvalue weighted by Gasteiger charge is -2.12. The average molecular weight is 266 g/mol. The van der Waals surface area contributed by atoms with Crippen LogP contribution in [0.2, 0.25) is 0 Å². The summed E-state index contributed by atoms with van der Waals surface area (Å²) in [5.41, 5.74) is 2.75. The number of fused-ring (bicyclic) bond motifs is 1. The molecule has 0 saturated heterocycles. The van der Waals surface area contributed by atoms with E-state index in [2.05, 4.69) is 10.3 Å². The van der Waals surface area contributed by atoms with Crippen LogP contribution < -0.4 is 5.32 Å². The van der Waals surface area contributed by atoms with Gasteiger partial charge in [0, 0.05) is 24.2 Å². The van der Waals surface area contributed by atoms with E-state index >= 15 is 0 Å². The van der Waals surface area contributed by atoms with Gasteiger partial charge in [0.2, 0.25) is 0 Å². The summed E-state index contributed by atoms with van der Waals surface area (Å²) in [5, 5.41) is 12.9. The Balaban J connectivity index is 2.12. The molecule has 0 spiro atoms. The maximum atomic E-state index is 12.2. The number of hydrogen-bond acceptors (Lipinski definition) is 3. The van der Waals surface area contributed by atoms with Crippen LogP contribution in [-0.2, 0) is 6.54 Å². The van der Waals surface area contributed by atoms with Gasteiger partial charge in [0.1, 0.15) is 6.10 Å². The molecule has 0 radical (unpaired) electrons. The molecule has 1 aromatic carbocycles. The van der Waals surface area contributed by atoms with Crippen molar-refractivity contribution in [3.8, 4) is 0 Å². The zero-order valence-corrected chi connectivity index (χ0v) is 10.6. The Labute approximate surface area is 110 Å². The fraction of sp³-hybridized carbons (Fsp3) is 0.357. The van der Waals surface area contributed by atoms with E-state index in [9.17, 15) is 8.78 Å². The third-order valence-corrected chi connectivity index (χ3v) is 2.89. The monoisotopic (exact) mass is 266 g/mol. The second-order valence-corrected chi connectivity index (χ2v) is 4.47. The van der Waals surface area contributed by atoms with Gasteiger partial charge < -0.3 is 10.4 Å². The highest BCUT2D eigenvalue weighted by Crippen LogP contribution is 2.17. The number of pyridine rings is 1. The molecule has 1 heterocycles. The fourth-order valence-corrected chi connectivity index (χ4v) is 1.98. The standard InChI is InChI=1S/C14H16F2N2O/c1-9-6-10(7-17-8-13(19)14(15)16)11-4-2-3-5-12(11)18-9/h2-6,13-14,17,19H,7-8H2,1H3. The maximum absolute atomic E-state index is 12.2. The van der Waals surface area contributed by atoms with Crippen LogP contribution in [0.25, 0.3) is 10.9 Å². The molecular weight excluding hydrogens is 250 g/mol. The molecule has 0 bridgehead atoms. The molecule has 0 aliphatic rings. The van der Waals surface area contributed by atoms with Crippen LogP contribution in [0.4, 0.5) is 8.78 Å². The van der Waals surface area contributed by atoms with Crippen molar-refractivity contribution in [1.82, 2.24) is 10.3 Å². The van der Waals surface area contributed by atoms with Gasteiger partial charge in [-0.3, -0.25) is 4.98 Å². The number of halogens is 2. The molecule has 2 rings (SSSR count). The number of aryl methyl sites for hydroxylation is 1. The Morgan fingerprint density at radius 1 is 1.32 bits per heavy atom. The van der Waals surface area contributed by atoms with Gasteiger partial charge in [-0.25, -0.2) is 8.78 Å². The molecule has 0 aliphatic heterocycles. The SMILES string of the molecule is Cc1cc(CNCC(O)C(F)F)c2ccccc2n1. The molecule has 0 fully saturated rings. The van der Waals surface area contributed by atoms with Crippen molar-refractivity contribution in [3.63, 3.8) is 0 Å². The summed E-state index contributed by atoms with van der Waals surface area (Å²) in [5.74, 6) is 0. The number of alkyl halides is 2. The smallest absolute Gasteiger partial charge is 0.265 e. The molecule has 0 amide bonds. The third kappa shape index (κ3) is 3.45. The molecule has 5 heteroatoms. The van der Waals surface area contributed by atoms with E-state index in [0.29, 0.717) is 6.54 Å². The maximum Gasteiger partial charge on any atom is 0.265 e. The number of rotatable bonds is 5. The minimum Gasteiger partial charge on any atom is -0.386 e. The van der Waals surface area contributed by atoms with E-state index in [1.165, 1.54) is 0 Å². The molecule has 1 aromatic heterocycles. The van der Waals surface area contributed by atoms with Gasteiger partial charge >= 0.3 is 0 Å². The predicted molar refractivity (Wildman–Crippen MR) is 70.2 cm³/mol. The zero-order chi connectivity index (χ0) is 13.8. The second-order valence-electron chi connectivity index (χ2n) is 4.47. The highest BCUT2D eigenvalue weighted by atomic mass is 19.3. The Morgan fingerprint density at radius 2 is 2.05 bits per heavy atom. The third-order valence-electron chi connectivity index (χ3n) is 2.89. The number of nitrogens with zero attached hydrogens (tertiary/aromatic N) is 1. The van der Waals surface area contributed by atoms with E-state index in [1.807, 2.05) is 37.3 Å². The second kappa shape index (κ2) is 6.04. The number of hydrogen-bond donors (Lipinski definition) is 2. The molecule has 3 nitrogen and oxygen atoms in total. The van der Waals surface area contributed by atoms with Gasteiger partial charge in [0.05, 0.1) is 5.52 Å². The van der Waals surface area contributed by atoms with Gasteiger partial charge in [-0.2, -0.15) is 0 Å². The van der Waals surface area contributed by atoms with Crippen molar-refractivity contribution in [2.45, 2.75) is 26.0 Å². The fourth-order valence-electron chi connectivity index (χ4n) is 1.98. The molecule has 2 aromatic rings. The number of nitrogens with one attached hydrogen (secondary N) is 1. The Bertz CT molecular complexity index is 560. The van der Waals surface area contributed by atoms with Gasteiger partial charge in [0.15, 0.2) is 0 Å². The Hall–Kier alpha value is -1.59. The lowest BCUT2D eigenvalue weighted by molar-refractivity contribution is -0.00339. The first-order valence-electron chi connectivity index (χ1n) is 6.10. The number of para-hydroxylation sites is 1. The van der Waals surface area contributed by atoms with E-state index in [-0.39, 0.29) is 6.54 Å². The molecule has 102 valence electrons. The average Bonchev–Trinajstić information content (AvgIpc) is 2.38. The highest BCUT2D eigenvalue weighted by molar-refractivity contribution is 5.82. The first-order valence-corrected chi connectivity index (χ1v) is 6.10. The van der Waals surface area contributed by atoms with E-state index < -0.39 is 12.5 Å². The minimum atomic E-state index is -2.72. The van der Waals surface area contributed by atoms with Gasteiger partial charge in [-0.1, -0.05) is 18.2 Å². The van der Waals surface area contributed by atoms with Gasteiger partial charge in [0.25, 0.3) is 6.43 Å². The van der Waals surface area contributed by atoms with Crippen molar-refractivity contribution >= 4 is 10.9 Å². The molecule has 2 N–H and O–H groups in total. The van der Waals surface area contributed by atoms with Gasteiger partial charge in [-0.05, 0) is 24.6 Å². The van der Waals surface area contributed by atoms with E-state index in [1.54, 1.807) is 0 Å². The topological polar surface area (TPSA) is 45.1 Å². The van der Waals surface area contributed by atoms with Crippen LogP contribution in [-0.4, -0.2) is 29.2 Å². The largest absolute Gasteiger partial charge is 0.386 e. The van der Waals surface area contributed by atoms with E-state index in [0.717, 1.165) is 22.2 Å². The predicted octanol–water partition coefficient (Wildman–Crippen LogP) is 2.26. The normalized spacial score (nSPS) is 13.1. The first-order chi connectivity index (χ1) is 9.08. The lowest BCUT2D eigenvalue weighted by Crippen LogP contribution is -2.31. The van der Waals surface area contributed by atoms with Crippen LogP contribution in [0.3, 0.4) is 0 Å². The zero-order valence-electron chi connectivity index (χ0n) is 10.6. The summed E-state index contributed by atoms with van der Waals surface area (Å²) in [6, 6.07) is 9.61.